The Morgan fingerprint density at radius 3 is 2.20 bits per heavy atom. The molecular formula is C23H34O7. The van der Waals surface area contributed by atoms with Crippen LogP contribution in [-0.2, 0) is 33.4 Å². The van der Waals surface area contributed by atoms with Gasteiger partial charge in [0.05, 0.1) is 17.8 Å². The van der Waals surface area contributed by atoms with E-state index in [2.05, 4.69) is 0 Å². The molecule has 0 N–H and O–H groups in total. The van der Waals surface area contributed by atoms with E-state index in [1.807, 2.05) is 13.8 Å². The van der Waals surface area contributed by atoms with Crippen LogP contribution in [0.1, 0.15) is 61.3 Å². The molecule has 0 radical (unpaired) electrons. The van der Waals surface area contributed by atoms with Crippen LogP contribution in [0.25, 0.3) is 0 Å². The van der Waals surface area contributed by atoms with Gasteiger partial charge in [-0.1, -0.05) is 41.5 Å². The van der Waals surface area contributed by atoms with Crippen molar-refractivity contribution in [3.05, 3.63) is 0 Å². The minimum Gasteiger partial charge on any atom is -0.462 e. The van der Waals surface area contributed by atoms with E-state index < -0.39 is 41.6 Å². The molecule has 0 aromatic carbocycles. The van der Waals surface area contributed by atoms with E-state index in [1.165, 1.54) is 0 Å². The second-order valence-electron chi connectivity index (χ2n) is 10.2. The number of ether oxygens (including phenoxy) is 3. The van der Waals surface area contributed by atoms with Crippen LogP contribution < -0.4 is 0 Å². The van der Waals surface area contributed by atoms with E-state index in [0.717, 1.165) is 0 Å². The summed E-state index contributed by atoms with van der Waals surface area (Å²) in [6.07, 6.45) is -0.449. The van der Waals surface area contributed by atoms with Gasteiger partial charge in [0, 0.05) is 18.3 Å². The summed E-state index contributed by atoms with van der Waals surface area (Å²) < 4.78 is 17.4. The minimum absolute atomic E-state index is 0.0351. The zero-order chi connectivity index (χ0) is 22.5. The molecule has 0 spiro atoms. The fourth-order valence-corrected chi connectivity index (χ4v) is 5.53. The first-order valence-electron chi connectivity index (χ1n) is 11.1. The average Bonchev–Trinajstić information content (AvgIpc) is 3.01. The lowest BCUT2D eigenvalue weighted by Crippen LogP contribution is -2.51. The van der Waals surface area contributed by atoms with Gasteiger partial charge in [0.1, 0.15) is 18.0 Å². The first-order chi connectivity index (χ1) is 13.9. The molecule has 0 aromatic rings. The maximum absolute atomic E-state index is 13.0. The van der Waals surface area contributed by atoms with Crippen molar-refractivity contribution in [2.24, 2.45) is 41.4 Å². The lowest BCUT2D eigenvalue weighted by Gasteiger charge is -2.35. The number of Topliss-reactive ketones (excluding diaryl/α,β-unsaturated/α-hetero) is 1. The molecule has 8 unspecified atom stereocenters. The maximum atomic E-state index is 13.0. The second kappa shape index (κ2) is 7.97. The van der Waals surface area contributed by atoms with Gasteiger partial charge in [-0.2, -0.15) is 0 Å². The molecule has 30 heavy (non-hydrogen) atoms. The van der Waals surface area contributed by atoms with Crippen molar-refractivity contribution >= 4 is 23.7 Å². The van der Waals surface area contributed by atoms with Crippen LogP contribution in [0, 0.1) is 41.4 Å². The van der Waals surface area contributed by atoms with Crippen molar-refractivity contribution in [3.8, 4) is 0 Å². The van der Waals surface area contributed by atoms with E-state index in [-0.39, 0.29) is 41.3 Å². The largest absolute Gasteiger partial charge is 0.462 e. The standard InChI is InChI=1S/C23H34O7/c1-10(2)20(25)28-15-9-13(6)16-14(24)8-12(5)17(16)19-18(15)23(7,22(27)29-19)30-21(26)11(3)4/h10-13,15-19H,8-9H2,1-7H3. The monoisotopic (exact) mass is 422 g/mol. The van der Waals surface area contributed by atoms with Crippen LogP contribution >= 0.6 is 0 Å². The van der Waals surface area contributed by atoms with Crippen LogP contribution in [0.3, 0.4) is 0 Å². The Morgan fingerprint density at radius 2 is 1.63 bits per heavy atom. The molecule has 2 aliphatic carbocycles. The summed E-state index contributed by atoms with van der Waals surface area (Å²) in [6, 6.07) is 0. The lowest BCUT2D eigenvalue weighted by atomic mass is 9.75. The third-order valence-corrected chi connectivity index (χ3v) is 7.13. The molecule has 3 aliphatic rings. The van der Waals surface area contributed by atoms with Gasteiger partial charge in [-0.25, -0.2) is 4.79 Å². The summed E-state index contributed by atoms with van der Waals surface area (Å²) in [5, 5.41) is 0. The molecule has 0 aromatic heterocycles. The minimum atomic E-state index is -1.56. The predicted octanol–water partition coefficient (Wildman–Crippen LogP) is 2.93. The van der Waals surface area contributed by atoms with Crippen LogP contribution in [0.2, 0.25) is 0 Å². The van der Waals surface area contributed by atoms with E-state index in [4.69, 9.17) is 14.2 Å². The highest BCUT2D eigenvalue weighted by molar-refractivity contribution is 5.88. The number of carbonyl (C=O) groups excluding carboxylic acids is 4. The Kier molecular flexibility index (Phi) is 6.04. The van der Waals surface area contributed by atoms with Crippen LogP contribution in [0.15, 0.2) is 0 Å². The molecule has 3 fully saturated rings. The first-order valence-corrected chi connectivity index (χ1v) is 11.1. The van der Waals surface area contributed by atoms with Gasteiger partial charge in [0.15, 0.2) is 0 Å². The van der Waals surface area contributed by atoms with Gasteiger partial charge in [-0.15, -0.1) is 0 Å². The normalized spacial score (nSPS) is 40.6. The number of hydrogen-bond acceptors (Lipinski definition) is 7. The maximum Gasteiger partial charge on any atom is 0.351 e. The highest BCUT2D eigenvalue weighted by Gasteiger charge is 2.67. The van der Waals surface area contributed by atoms with Crippen molar-refractivity contribution < 1.29 is 33.4 Å². The average molecular weight is 423 g/mol. The number of fused-ring (bicyclic) bond motifs is 3. The Bertz CT molecular complexity index is 742. The third kappa shape index (κ3) is 3.65. The van der Waals surface area contributed by atoms with Crippen molar-refractivity contribution in [2.45, 2.75) is 79.1 Å². The molecule has 7 heteroatoms. The summed E-state index contributed by atoms with van der Waals surface area (Å²) >= 11 is 0. The Hall–Kier alpha value is -1.92. The SMILES string of the molecule is CC(C)C(=O)OC1CC(C)C2C(=O)CC(C)C2C2OC(=O)C(C)(OC(=O)C(C)C)C12. The smallest absolute Gasteiger partial charge is 0.351 e. The van der Waals surface area contributed by atoms with Gasteiger partial charge in [0.25, 0.3) is 0 Å². The summed E-state index contributed by atoms with van der Waals surface area (Å²) in [4.78, 5) is 50.8. The third-order valence-electron chi connectivity index (χ3n) is 7.13. The summed E-state index contributed by atoms with van der Waals surface area (Å²) in [5.41, 5.74) is -1.56. The van der Waals surface area contributed by atoms with E-state index in [1.54, 1.807) is 34.6 Å². The summed E-state index contributed by atoms with van der Waals surface area (Å²) in [6.45, 7) is 12.4. The van der Waals surface area contributed by atoms with Gasteiger partial charge < -0.3 is 14.2 Å². The molecule has 2 saturated carbocycles. The number of ketones is 1. The fraction of sp³-hybridized carbons (Fsp3) is 0.826. The van der Waals surface area contributed by atoms with Crippen LogP contribution in [0.5, 0.6) is 0 Å². The lowest BCUT2D eigenvalue weighted by molar-refractivity contribution is -0.182. The number of esters is 3. The molecule has 0 bridgehead atoms. The first kappa shape index (κ1) is 22.8. The number of rotatable bonds is 4. The van der Waals surface area contributed by atoms with Crippen molar-refractivity contribution in [3.63, 3.8) is 0 Å². The Labute approximate surface area is 178 Å². The highest BCUT2D eigenvalue weighted by atomic mass is 16.6. The molecular weight excluding hydrogens is 388 g/mol. The zero-order valence-electron chi connectivity index (χ0n) is 19.0. The van der Waals surface area contributed by atoms with Gasteiger partial charge >= 0.3 is 17.9 Å². The van der Waals surface area contributed by atoms with Gasteiger partial charge in [-0.3, -0.25) is 14.4 Å². The van der Waals surface area contributed by atoms with E-state index in [0.29, 0.717) is 12.8 Å². The quantitative estimate of drug-likeness (QED) is 0.508. The van der Waals surface area contributed by atoms with E-state index >= 15 is 0 Å². The second-order valence-corrected chi connectivity index (χ2v) is 10.2. The highest BCUT2D eigenvalue weighted by Crippen LogP contribution is 2.54. The Balaban J connectivity index is 2.07. The molecule has 0 amide bonds. The number of hydrogen-bond donors (Lipinski definition) is 0. The van der Waals surface area contributed by atoms with Gasteiger partial charge in [0.2, 0.25) is 5.60 Å². The van der Waals surface area contributed by atoms with Gasteiger partial charge in [-0.05, 0) is 25.2 Å². The topological polar surface area (TPSA) is 96.0 Å². The fourth-order valence-electron chi connectivity index (χ4n) is 5.53. The summed E-state index contributed by atoms with van der Waals surface area (Å²) in [7, 11) is 0. The molecule has 8 atom stereocenters. The molecule has 3 rings (SSSR count). The van der Waals surface area contributed by atoms with Crippen LogP contribution in [-0.4, -0.2) is 41.5 Å². The number of carbonyl (C=O) groups is 4. The molecule has 1 aliphatic heterocycles. The Morgan fingerprint density at radius 1 is 1.03 bits per heavy atom. The van der Waals surface area contributed by atoms with Crippen LogP contribution in [0.4, 0.5) is 0 Å². The molecule has 1 heterocycles. The molecule has 7 nitrogen and oxygen atoms in total. The molecule has 168 valence electrons. The van der Waals surface area contributed by atoms with Crippen molar-refractivity contribution in [1.29, 1.82) is 0 Å². The predicted molar refractivity (Wildman–Crippen MR) is 107 cm³/mol. The summed E-state index contributed by atoms with van der Waals surface area (Å²) in [5.74, 6) is -3.20. The molecule has 1 saturated heterocycles. The van der Waals surface area contributed by atoms with Crippen molar-refractivity contribution in [2.75, 3.05) is 0 Å². The van der Waals surface area contributed by atoms with E-state index in [9.17, 15) is 19.2 Å². The zero-order valence-corrected chi connectivity index (χ0v) is 19.0. The van der Waals surface area contributed by atoms with Crippen molar-refractivity contribution in [1.82, 2.24) is 0 Å².